The molecule has 0 aromatic carbocycles. The highest BCUT2D eigenvalue weighted by Gasteiger charge is 2.52. The van der Waals surface area contributed by atoms with Gasteiger partial charge in [0, 0.05) is 25.2 Å². The van der Waals surface area contributed by atoms with E-state index in [9.17, 15) is 0 Å². The van der Waals surface area contributed by atoms with E-state index in [0.717, 1.165) is 24.8 Å². The maximum Gasteiger partial charge on any atom is 0.218 e. The minimum Gasteiger partial charge on any atom is -0.481 e. The van der Waals surface area contributed by atoms with E-state index in [1.165, 1.54) is 6.42 Å². The number of nitrogens with zero attached hydrogens (tertiary/aromatic N) is 3. The average Bonchev–Trinajstić information content (AvgIpc) is 2.80. The quantitative estimate of drug-likeness (QED) is 0.861. The number of aromatic nitrogens is 2. The fourth-order valence-electron chi connectivity index (χ4n) is 3.55. The Morgan fingerprint density at radius 2 is 2.17 bits per heavy atom. The SMILES string of the molecule is CC[C@@H]1C2CN(c3cc(OC)ncn3)C[C@H]2[C@@H]1N. The van der Waals surface area contributed by atoms with Gasteiger partial charge in [0.25, 0.3) is 0 Å². The molecule has 1 aliphatic carbocycles. The minimum atomic E-state index is 0.369. The fraction of sp³-hybridized carbons (Fsp3) is 0.692. The third kappa shape index (κ3) is 1.65. The maximum atomic E-state index is 6.23. The molecule has 18 heavy (non-hydrogen) atoms. The standard InChI is InChI=1S/C13H20N4O/c1-3-8-9-5-17(6-10(9)13(8)14)11-4-12(18-2)16-7-15-11/h4,7-10,13H,3,5-6,14H2,1-2H3/t8-,9?,10-,13-/m1/s1. The Balaban J connectivity index is 1.76. The number of hydrogen-bond donors (Lipinski definition) is 1. The Bertz CT molecular complexity index is 439. The van der Waals surface area contributed by atoms with Crippen molar-refractivity contribution in [2.45, 2.75) is 19.4 Å². The molecule has 2 aliphatic rings. The molecule has 1 aromatic rings. The molecule has 98 valence electrons. The van der Waals surface area contributed by atoms with E-state index in [4.69, 9.17) is 10.5 Å². The number of rotatable bonds is 3. The maximum absolute atomic E-state index is 6.23. The van der Waals surface area contributed by atoms with Crippen LogP contribution in [0.1, 0.15) is 13.3 Å². The zero-order valence-electron chi connectivity index (χ0n) is 10.9. The first-order chi connectivity index (χ1) is 8.74. The van der Waals surface area contributed by atoms with E-state index in [1.807, 2.05) is 6.07 Å². The molecule has 1 aromatic heterocycles. The second kappa shape index (κ2) is 4.39. The van der Waals surface area contributed by atoms with Crippen LogP contribution >= 0.6 is 0 Å². The van der Waals surface area contributed by atoms with E-state index in [2.05, 4.69) is 21.8 Å². The smallest absolute Gasteiger partial charge is 0.218 e. The molecule has 1 unspecified atom stereocenters. The summed E-state index contributed by atoms with van der Waals surface area (Å²) in [6, 6.07) is 2.27. The molecule has 4 atom stereocenters. The Kier molecular flexibility index (Phi) is 2.86. The van der Waals surface area contributed by atoms with Crippen LogP contribution in [0.5, 0.6) is 5.88 Å². The Labute approximate surface area is 107 Å². The lowest BCUT2D eigenvalue weighted by atomic mass is 9.62. The Morgan fingerprint density at radius 3 is 2.89 bits per heavy atom. The van der Waals surface area contributed by atoms with E-state index in [-0.39, 0.29) is 0 Å². The molecule has 0 spiro atoms. The number of hydrogen-bond acceptors (Lipinski definition) is 5. The van der Waals surface area contributed by atoms with E-state index in [1.54, 1.807) is 13.4 Å². The van der Waals surface area contributed by atoms with Crippen LogP contribution in [0.4, 0.5) is 5.82 Å². The van der Waals surface area contributed by atoms with Gasteiger partial charge in [-0.05, 0) is 17.8 Å². The molecule has 2 N–H and O–H groups in total. The molecule has 3 rings (SSSR count). The van der Waals surface area contributed by atoms with Crippen molar-refractivity contribution in [1.29, 1.82) is 0 Å². The van der Waals surface area contributed by atoms with Crippen LogP contribution in [0.15, 0.2) is 12.4 Å². The summed E-state index contributed by atoms with van der Waals surface area (Å²) >= 11 is 0. The van der Waals surface area contributed by atoms with Crippen LogP contribution in [0.25, 0.3) is 0 Å². The first kappa shape index (κ1) is 11.7. The predicted octanol–water partition coefficient (Wildman–Crippen LogP) is 0.905. The van der Waals surface area contributed by atoms with Crippen LogP contribution in [0, 0.1) is 17.8 Å². The Morgan fingerprint density at radius 1 is 1.39 bits per heavy atom. The third-order valence-corrected chi connectivity index (χ3v) is 4.58. The van der Waals surface area contributed by atoms with Crippen LogP contribution in [0.3, 0.4) is 0 Å². The minimum absolute atomic E-state index is 0.369. The van der Waals surface area contributed by atoms with Gasteiger partial charge in [0.1, 0.15) is 12.1 Å². The molecule has 1 saturated carbocycles. The van der Waals surface area contributed by atoms with Crippen LogP contribution in [0.2, 0.25) is 0 Å². The van der Waals surface area contributed by atoms with Crippen molar-refractivity contribution in [3.8, 4) is 5.88 Å². The van der Waals surface area contributed by atoms with Gasteiger partial charge in [-0.2, -0.15) is 0 Å². The summed E-state index contributed by atoms with van der Waals surface area (Å²) in [5, 5.41) is 0. The van der Waals surface area contributed by atoms with Gasteiger partial charge in [-0.3, -0.25) is 0 Å². The first-order valence-corrected chi connectivity index (χ1v) is 6.61. The van der Waals surface area contributed by atoms with E-state index < -0.39 is 0 Å². The zero-order valence-corrected chi connectivity index (χ0v) is 10.9. The summed E-state index contributed by atoms with van der Waals surface area (Å²) in [4.78, 5) is 10.7. The van der Waals surface area contributed by atoms with Gasteiger partial charge in [-0.15, -0.1) is 0 Å². The monoisotopic (exact) mass is 248 g/mol. The summed E-state index contributed by atoms with van der Waals surface area (Å²) in [5.41, 5.74) is 6.23. The molecule has 1 aliphatic heterocycles. The first-order valence-electron chi connectivity index (χ1n) is 6.61. The average molecular weight is 248 g/mol. The fourth-order valence-corrected chi connectivity index (χ4v) is 3.55. The summed E-state index contributed by atoms with van der Waals surface area (Å²) in [7, 11) is 1.63. The van der Waals surface area contributed by atoms with Crippen LogP contribution < -0.4 is 15.4 Å². The molecule has 2 heterocycles. The van der Waals surface area contributed by atoms with Crippen molar-refractivity contribution < 1.29 is 4.74 Å². The van der Waals surface area contributed by atoms with Gasteiger partial charge in [0.2, 0.25) is 5.88 Å². The predicted molar refractivity (Wildman–Crippen MR) is 69.5 cm³/mol. The number of methoxy groups -OCH3 is 1. The second-order valence-electron chi connectivity index (χ2n) is 5.30. The summed E-state index contributed by atoms with van der Waals surface area (Å²) < 4.78 is 5.14. The van der Waals surface area contributed by atoms with Gasteiger partial charge in [-0.25, -0.2) is 9.97 Å². The van der Waals surface area contributed by atoms with Crippen molar-refractivity contribution in [3.05, 3.63) is 12.4 Å². The second-order valence-corrected chi connectivity index (χ2v) is 5.30. The molecular formula is C13H20N4O. The van der Waals surface area contributed by atoms with Gasteiger partial charge >= 0.3 is 0 Å². The van der Waals surface area contributed by atoms with Crippen LogP contribution in [-0.4, -0.2) is 36.2 Å². The molecular weight excluding hydrogens is 228 g/mol. The molecule has 0 bridgehead atoms. The van der Waals surface area contributed by atoms with E-state index >= 15 is 0 Å². The summed E-state index contributed by atoms with van der Waals surface area (Å²) in [6.45, 7) is 4.32. The summed E-state index contributed by atoms with van der Waals surface area (Å²) in [6.07, 6.45) is 2.74. The van der Waals surface area contributed by atoms with Crippen molar-refractivity contribution in [2.24, 2.45) is 23.5 Å². The normalized spacial score (nSPS) is 34.1. The molecule has 0 amide bonds. The van der Waals surface area contributed by atoms with Crippen molar-refractivity contribution in [2.75, 3.05) is 25.1 Å². The number of fused-ring (bicyclic) bond motifs is 1. The lowest BCUT2D eigenvalue weighted by Gasteiger charge is -2.45. The highest BCUT2D eigenvalue weighted by atomic mass is 16.5. The lowest BCUT2D eigenvalue weighted by molar-refractivity contribution is 0.0781. The van der Waals surface area contributed by atoms with Crippen molar-refractivity contribution in [3.63, 3.8) is 0 Å². The van der Waals surface area contributed by atoms with Crippen LogP contribution in [-0.2, 0) is 0 Å². The topological polar surface area (TPSA) is 64.3 Å². The van der Waals surface area contributed by atoms with Crippen molar-refractivity contribution in [1.82, 2.24) is 9.97 Å². The van der Waals surface area contributed by atoms with Gasteiger partial charge in [-0.1, -0.05) is 13.3 Å². The van der Waals surface area contributed by atoms with E-state index in [0.29, 0.717) is 23.8 Å². The lowest BCUT2D eigenvalue weighted by Crippen LogP contribution is -2.55. The van der Waals surface area contributed by atoms with Gasteiger partial charge in [0.05, 0.1) is 7.11 Å². The number of nitrogens with two attached hydrogens (primary N) is 1. The molecule has 5 heteroatoms. The number of anilines is 1. The highest BCUT2D eigenvalue weighted by Crippen LogP contribution is 2.47. The largest absolute Gasteiger partial charge is 0.481 e. The van der Waals surface area contributed by atoms with Gasteiger partial charge < -0.3 is 15.4 Å². The summed E-state index contributed by atoms with van der Waals surface area (Å²) in [5.74, 6) is 3.64. The molecule has 5 nitrogen and oxygen atoms in total. The third-order valence-electron chi connectivity index (χ3n) is 4.58. The molecule has 0 radical (unpaired) electrons. The van der Waals surface area contributed by atoms with Crippen molar-refractivity contribution >= 4 is 5.82 Å². The Hall–Kier alpha value is -1.36. The molecule has 1 saturated heterocycles. The highest BCUT2D eigenvalue weighted by molar-refractivity contribution is 5.43. The zero-order chi connectivity index (χ0) is 12.7. The number of ether oxygens (including phenoxy) is 1. The van der Waals surface area contributed by atoms with Gasteiger partial charge in [0.15, 0.2) is 0 Å². The molecule has 2 fully saturated rings.